The third-order valence-electron chi connectivity index (χ3n) is 4.09. The molecular formula is C18H15Cl3N2O2. The smallest absolute Gasteiger partial charge is 0.228 e. The van der Waals surface area contributed by atoms with Gasteiger partial charge in [-0.3, -0.25) is 9.59 Å². The first-order chi connectivity index (χ1) is 11.8. The molecule has 7 heteroatoms. The average molecular weight is 398 g/mol. The molecule has 2 aromatic carbocycles. The number of benzene rings is 2. The maximum Gasteiger partial charge on any atom is 0.228 e. The van der Waals surface area contributed by atoms with Crippen molar-refractivity contribution in [1.82, 2.24) is 0 Å². The summed E-state index contributed by atoms with van der Waals surface area (Å²) in [6.45, 7) is 1.89. The summed E-state index contributed by atoms with van der Waals surface area (Å²) in [6, 6.07) is 10.2. The van der Waals surface area contributed by atoms with E-state index in [9.17, 15) is 9.59 Å². The van der Waals surface area contributed by atoms with Crippen LogP contribution in [-0.4, -0.2) is 11.8 Å². The quantitative estimate of drug-likeness (QED) is 0.748. The fourth-order valence-electron chi connectivity index (χ4n) is 2.49. The summed E-state index contributed by atoms with van der Waals surface area (Å²) in [5.74, 6) is -1.09. The number of hydrogen-bond acceptors (Lipinski definition) is 2. The topological polar surface area (TPSA) is 58.2 Å². The van der Waals surface area contributed by atoms with E-state index >= 15 is 0 Å². The molecule has 0 radical (unpaired) electrons. The molecule has 130 valence electrons. The van der Waals surface area contributed by atoms with Crippen molar-refractivity contribution in [2.75, 3.05) is 10.6 Å². The van der Waals surface area contributed by atoms with Crippen molar-refractivity contribution in [1.29, 1.82) is 0 Å². The Bertz CT molecular complexity index is 785. The molecular weight excluding hydrogens is 383 g/mol. The zero-order chi connectivity index (χ0) is 18.1. The van der Waals surface area contributed by atoms with Crippen LogP contribution in [0.2, 0.25) is 15.1 Å². The second-order valence-electron chi connectivity index (χ2n) is 6.02. The second kappa shape index (κ2) is 7.24. The van der Waals surface area contributed by atoms with Crippen molar-refractivity contribution in [2.24, 2.45) is 11.8 Å². The highest BCUT2D eigenvalue weighted by atomic mass is 35.5. The first-order valence-corrected chi connectivity index (χ1v) is 8.81. The van der Waals surface area contributed by atoms with Gasteiger partial charge in [-0.2, -0.15) is 0 Å². The average Bonchev–Trinajstić information content (AvgIpc) is 3.35. The number of nitrogens with one attached hydrogen (secondary N) is 2. The van der Waals surface area contributed by atoms with Gasteiger partial charge in [0.15, 0.2) is 0 Å². The van der Waals surface area contributed by atoms with Gasteiger partial charge in [0.05, 0.1) is 21.9 Å². The third kappa shape index (κ3) is 4.27. The Morgan fingerprint density at radius 3 is 1.88 bits per heavy atom. The lowest BCUT2D eigenvalue weighted by atomic mass is 10.2. The summed E-state index contributed by atoms with van der Waals surface area (Å²) in [5, 5.41) is 6.91. The van der Waals surface area contributed by atoms with E-state index < -0.39 is 0 Å². The molecule has 2 aromatic rings. The van der Waals surface area contributed by atoms with Gasteiger partial charge < -0.3 is 10.6 Å². The molecule has 1 saturated carbocycles. The normalized spacial score (nSPS) is 18.6. The SMILES string of the molecule is Cc1ccc(NC(=O)C2CC2C(=O)Nc2ccc(Cl)c(Cl)c2)cc1Cl. The maximum atomic E-state index is 12.3. The van der Waals surface area contributed by atoms with Crippen LogP contribution in [0.3, 0.4) is 0 Å². The van der Waals surface area contributed by atoms with Crippen LogP contribution >= 0.6 is 34.8 Å². The standard InChI is InChI=1S/C18H15Cl3N2O2/c1-9-2-3-10(6-15(9)20)22-17(24)12-8-13(12)18(25)23-11-4-5-14(19)16(21)7-11/h2-7,12-13H,8H2,1H3,(H,22,24)(H,23,25). The number of rotatable bonds is 4. The summed E-state index contributed by atoms with van der Waals surface area (Å²) in [5.41, 5.74) is 2.11. The van der Waals surface area contributed by atoms with Crippen LogP contribution in [0.25, 0.3) is 0 Å². The zero-order valence-electron chi connectivity index (χ0n) is 13.3. The van der Waals surface area contributed by atoms with Crippen molar-refractivity contribution in [3.05, 3.63) is 57.0 Å². The van der Waals surface area contributed by atoms with Gasteiger partial charge in [-0.05, 0) is 49.2 Å². The molecule has 4 nitrogen and oxygen atoms in total. The first kappa shape index (κ1) is 18.1. The van der Waals surface area contributed by atoms with Crippen molar-refractivity contribution < 1.29 is 9.59 Å². The Kier molecular flexibility index (Phi) is 5.23. The Morgan fingerprint density at radius 2 is 1.36 bits per heavy atom. The van der Waals surface area contributed by atoms with Crippen LogP contribution in [0.4, 0.5) is 11.4 Å². The van der Waals surface area contributed by atoms with Crippen molar-refractivity contribution in [3.8, 4) is 0 Å². The van der Waals surface area contributed by atoms with E-state index in [1.165, 1.54) is 0 Å². The lowest BCUT2D eigenvalue weighted by molar-refractivity contribution is -0.122. The largest absolute Gasteiger partial charge is 0.326 e. The van der Waals surface area contributed by atoms with Gasteiger partial charge >= 0.3 is 0 Å². The maximum absolute atomic E-state index is 12.3. The number of carbonyl (C=O) groups excluding carboxylic acids is 2. The van der Waals surface area contributed by atoms with E-state index in [1.807, 2.05) is 13.0 Å². The molecule has 0 bridgehead atoms. The number of amides is 2. The van der Waals surface area contributed by atoms with Gasteiger partial charge in [-0.25, -0.2) is 0 Å². The number of anilines is 2. The highest BCUT2D eigenvalue weighted by Gasteiger charge is 2.48. The molecule has 3 rings (SSSR count). The van der Waals surface area contributed by atoms with E-state index in [0.29, 0.717) is 32.9 Å². The van der Waals surface area contributed by atoms with E-state index in [4.69, 9.17) is 34.8 Å². The zero-order valence-corrected chi connectivity index (χ0v) is 15.5. The molecule has 0 saturated heterocycles. The monoisotopic (exact) mass is 396 g/mol. The molecule has 0 aromatic heterocycles. The molecule has 1 fully saturated rings. The van der Waals surface area contributed by atoms with E-state index in [2.05, 4.69) is 10.6 Å². The highest BCUT2D eigenvalue weighted by molar-refractivity contribution is 6.42. The second-order valence-corrected chi connectivity index (χ2v) is 7.24. The number of hydrogen-bond donors (Lipinski definition) is 2. The Labute approximate surface area is 160 Å². The van der Waals surface area contributed by atoms with E-state index in [-0.39, 0.29) is 23.7 Å². The van der Waals surface area contributed by atoms with Crippen molar-refractivity contribution in [3.63, 3.8) is 0 Å². The van der Waals surface area contributed by atoms with Crippen molar-refractivity contribution in [2.45, 2.75) is 13.3 Å². The molecule has 0 aliphatic heterocycles. The summed E-state index contributed by atoms with van der Waals surface area (Å²) in [4.78, 5) is 24.5. The summed E-state index contributed by atoms with van der Waals surface area (Å²) < 4.78 is 0. The number of aryl methyl sites for hydroxylation is 1. The molecule has 25 heavy (non-hydrogen) atoms. The van der Waals surface area contributed by atoms with Gasteiger partial charge in [0, 0.05) is 16.4 Å². The van der Waals surface area contributed by atoms with Crippen LogP contribution in [-0.2, 0) is 9.59 Å². The lowest BCUT2D eigenvalue weighted by Gasteiger charge is -2.08. The summed E-state index contributed by atoms with van der Waals surface area (Å²) in [6.07, 6.45) is 0.512. The molecule has 2 N–H and O–H groups in total. The van der Waals surface area contributed by atoms with Gasteiger partial charge in [-0.15, -0.1) is 0 Å². The third-order valence-corrected chi connectivity index (χ3v) is 5.24. The van der Waals surface area contributed by atoms with E-state index in [0.717, 1.165) is 5.56 Å². The van der Waals surface area contributed by atoms with Crippen LogP contribution in [0, 0.1) is 18.8 Å². The van der Waals surface area contributed by atoms with Gasteiger partial charge in [0.1, 0.15) is 0 Å². The van der Waals surface area contributed by atoms with Crippen molar-refractivity contribution >= 4 is 58.0 Å². The summed E-state index contributed by atoms with van der Waals surface area (Å²) in [7, 11) is 0. The molecule has 0 spiro atoms. The molecule has 1 aliphatic carbocycles. The summed E-state index contributed by atoms with van der Waals surface area (Å²) >= 11 is 17.8. The van der Waals surface area contributed by atoms with Gasteiger partial charge in [0.2, 0.25) is 11.8 Å². The molecule has 0 heterocycles. The Morgan fingerprint density at radius 1 is 0.840 bits per heavy atom. The van der Waals surface area contributed by atoms with Crippen LogP contribution in [0.15, 0.2) is 36.4 Å². The lowest BCUT2D eigenvalue weighted by Crippen LogP contribution is -2.20. The minimum Gasteiger partial charge on any atom is -0.326 e. The highest BCUT2D eigenvalue weighted by Crippen LogP contribution is 2.40. The van der Waals surface area contributed by atoms with Crippen LogP contribution < -0.4 is 10.6 Å². The van der Waals surface area contributed by atoms with E-state index in [1.54, 1.807) is 30.3 Å². The predicted octanol–water partition coefficient (Wildman–Crippen LogP) is 5.17. The minimum absolute atomic E-state index is 0.186. The Hall–Kier alpha value is -1.75. The van der Waals surface area contributed by atoms with Gasteiger partial charge in [-0.1, -0.05) is 40.9 Å². The molecule has 2 unspecified atom stereocenters. The van der Waals surface area contributed by atoms with Crippen LogP contribution in [0.1, 0.15) is 12.0 Å². The molecule has 2 amide bonds. The first-order valence-electron chi connectivity index (χ1n) is 7.68. The fraction of sp³-hybridized carbons (Fsp3) is 0.222. The number of halogens is 3. The Balaban J connectivity index is 1.57. The fourth-order valence-corrected chi connectivity index (χ4v) is 2.97. The predicted molar refractivity (Wildman–Crippen MR) is 102 cm³/mol. The van der Waals surface area contributed by atoms with Gasteiger partial charge in [0.25, 0.3) is 0 Å². The molecule has 1 aliphatic rings. The van der Waals surface area contributed by atoms with Crippen LogP contribution in [0.5, 0.6) is 0 Å². The minimum atomic E-state index is -0.352. The molecule has 2 atom stereocenters. The number of carbonyl (C=O) groups is 2.